The highest BCUT2D eigenvalue weighted by atomic mass is 16.5. The van der Waals surface area contributed by atoms with Gasteiger partial charge in [0.25, 0.3) is 0 Å². The molecule has 0 N–H and O–H groups in total. The molecule has 8 nitrogen and oxygen atoms in total. The van der Waals surface area contributed by atoms with Gasteiger partial charge in [0.2, 0.25) is 0 Å². The average Bonchev–Trinajstić information content (AvgIpc) is 3.40. The van der Waals surface area contributed by atoms with Crippen molar-refractivity contribution in [3.63, 3.8) is 0 Å². The van der Waals surface area contributed by atoms with Crippen molar-refractivity contribution >= 4 is 5.69 Å². The van der Waals surface area contributed by atoms with Gasteiger partial charge in [-0.2, -0.15) is 0 Å². The lowest BCUT2D eigenvalue weighted by atomic mass is 9.94. The first-order valence-corrected chi connectivity index (χ1v) is 13.2. The maximum atomic E-state index is 5.90. The molecule has 0 spiro atoms. The van der Waals surface area contributed by atoms with E-state index in [1.807, 2.05) is 12.1 Å². The van der Waals surface area contributed by atoms with E-state index >= 15 is 0 Å². The zero-order valence-electron chi connectivity index (χ0n) is 22.0. The van der Waals surface area contributed by atoms with E-state index in [0.29, 0.717) is 6.04 Å². The fraction of sp³-hybridized carbons (Fsp3) is 0.536. The van der Waals surface area contributed by atoms with Crippen LogP contribution in [0.5, 0.6) is 11.5 Å². The number of aryl methyl sites for hydroxylation is 1. The second kappa shape index (κ2) is 10.9. The van der Waals surface area contributed by atoms with Crippen molar-refractivity contribution in [2.75, 3.05) is 45.3 Å². The molecule has 0 amide bonds. The number of aromatic nitrogens is 4. The predicted molar refractivity (Wildman–Crippen MR) is 141 cm³/mol. The lowest BCUT2D eigenvalue weighted by molar-refractivity contribution is 0.189. The average molecular weight is 491 g/mol. The van der Waals surface area contributed by atoms with Crippen LogP contribution in [-0.2, 0) is 0 Å². The maximum Gasteiger partial charge on any atom is 0.173 e. The number of tetrazole rings is 1. The summed E-state index contributed by atoms with van der Waals surface area (Å²) in [6.07, 6.45) is 6.00. The first-order valence-electron chi connectivity index (χ1n) is 13.2. The fourth-order valence-electron chi connectivity index (χ4n) is 5.89. The van der Waals surface area contributed by atoms with E-state index in [9.17, 15) is 0 Å². The summed E-state index contributed by atoms with van der Waals surface area (Å²) in [5.74, 6) is 2.37. The summed E-state index contributed by atoms with van der Waals surface area (Å²) in [5, 5.41) is 13.3. The molecule has 1 aromatic heterocycles. The van der Waals surface area contributed by atoms with Gasteiger partial charge in [-0.15, -0.1) is 5.10 Å². The number of nitrogens with zero attached hydrogens (tertiary/aromatic N) is 6. The van der Waals surface area contributed by atoms with Crippen LogP contribution >= 0.6 is 0 Å². The van der Waals surface area contributed by atoms with Gasteiger partial charge in [-0.25, -0.2) is 4.68 Å². The summed E-state index contributed by atoms with van der Waals surface area (Å²) in [6, 6.07) is 12.9. The molecule has 1 saturated heterocycles. The van der Waals surface area contributed by atoms with Crippen molar-refractivity contribution in [1.29, 1.82) is 0 Å². The van der Waals surface area contributed by atoms with Crippen molar-refractivity contribution in [2.45, 2.75) is 58.0 Å². The molecular weight excluding hydrogens is 452 g/mol. The van der Waals surface area contributed by atoms with Gasteiger partial charge in [-0.3, -0.25) is 4.90 Å². The van der Waals surface area contributed by atoms with Crippen LogP contribution in [0.3, 0.4) is 0 Å². The van der Waals surface area contributed by atoms with Crippen molar-refractivity contribution in [3.05, 3.63) is 58.9 Å². The van der Waals surface area contributed by atoms with Gasteiger partial charge in [0.05, 0.1) is 20.3 Å². The molecule has 36 heavy (non-hydrogen) atoms. The standard InChI is InChI=1S/C28H38N6O2/c1-20-10-8-14-24(21(20)2)32-16-18-33(19-17-32)26(23-13-9-15-25(35-3)27(23)36-4)28-29-30-31-34(28)22-11-6-5-7-12-22/h8-10,13-15,22,26H,5-7,11-12,16-19H2,1-4H3/t26-/m1/s1. The second-order valence-corrected chi connectivity index (χ2v) is 10.0. The number of methoxy groups -OCH3 is 2. The van der Waals surface area contributed by atoms with Crippen LogP contribution in [-0.4, -0.2) is 65.5 Å². The quantitative estimate of drug-likeness (QED) is 0.474. The van der Waals surface area contributed by atoms with Gasteiger partial charge in [-0.1, -0.05) is 43.5 Å². The van der Waals surface area contributed by atoms with E-state index < -0.39 is 0 Å². The summed E-state index contributed by atoms with van der Waals surface area (Å²) < 4.78 is 13.7. The molecule has 2 fully saturated rings. The van der Waals surface area contributed by atoms with Crippen LogP contribution < -0.4 is 14.4 Å². The van der Waals surface area contributed by atoms with E-state index in [-0.39, 0.29) is 6.04 Å². The highest BCUT2D eigenvalue weighted by molar-refractivity contribution is 5.56. The number of hydrogen-bond acceptors (Lipinski definition) is 7. The Morgan fingerprint density at radius 3 is 2.36 bits per heavy atom. The Bertz CT molecular complexity index is 1160. The van der Waals surface area contributed by atoms with Crippen LogP contribution in [0.4, 0.5) is 5.69 Å². The molecule has 2 heterocycles. The Hall–Kier alpha value is -3.13. The van der Waals surface area contributed by atoms with Gasteiger partial charge in [0.1, 0.15) is 6.04 Å². The smallest absolute Gasteiger partial charge is 0.173 e. The molecule has 2 aliphatic rings. The summed E-state index contributed by atoms with van der Waals surface area (Å²) in [5.41, 5.74) is 5.07. The molecule has 1 aliphatic carbocycles. The minimum Gasteiger partial charge on any atom is -0.493 e. The van der Waals surface area contributed by atoms with Gasteiger partial charge < -0.3 is 14.4 Å². The van der Waals surface area contributed by atoms with Crippen molar-refractivity contribution in [2.24, 2.45) is 0 Å². The Kier molecular flexibility index (Phi) is 7.41. The fourth-order valence-corrected chi connectivity index (χ4v) is 5.89. The molecular formula is C28H38N6O2. The lowest BCUT2D eigenvalue weighted by Crippen LogP contribution is -2.48. The molecule has 2 aromatic carbocycles. The largest absolute Gasteiger partial charge is 0.493 e. The summed E-state index contributed by atoms with van der Waals surface area (Å²) in [6.45, 7) is 8.09. The van der Waals surface area contributed by atoms with Gasteiger partial charge in [-0.05, 0) is 60.4 Å². The number of rotatable bonds is 7. The third-order valence-electron chi connectivity index (χ3n) is 8.01. The number of para-hydroxylation sites is 1. The third kappa shape index (κ3) is 4.66. The highest BCUT2D eigenvalue weighted by Crippen LogP contribution is 2.41. The number of hydrogen-bond donors (Lipinski definition) is 0. The Labute approximate surface area is 214 Å². The Balaban J connectivity index is 1.50. The molecule has 3 aromatic rings. The normalized spacial score (nSPS) is 18.3. The molecule has 1 atom stereocenters. The molecule has 8 heteroatoms. The Morgan fingerprint density at radius 2 is 1.64 bits per heavy atom. The maximum absolute atomic E-state index is 5.90. The third-order valence-corrected chi connectivity index (χ3v) is 8.01. The van der Waals surface area contributed by atoms with E-state index in [2.05, 4.69) is 68.1 Å². The minimum absolute atomic E-state index is 0.118. The number of anilines is 1. The first kappa shape index (κ1) is 24.6. The van der Waals surface area contributed by atoms with E-state index in [1.54, 1.807) is 14.2 Å². The van der Waals surface area contributed by atoms with Crippen molar-refractivity contribution in [3.8, 4) is 11.5 Å². The molecule has 0 radical (unpaired) electrons. The second-order valence-electron chi connectivity index (χ2n) is 10.0. The monoisotopic (exact) mass is 490 g/mol. The molecule has 0 bridgehead atoms. The molecule has 0 unspecified atom stereocenters. The molecule has 1 aliphatic heterocycles. The van der Waals surface area contributed by atoms with Crippen molar-refractivity contribution < 1.29 is 9.47 Å². The topological polar surface area (TPSA) is 68.5 Å². The van der Waals surface area contributed by atoms with Crippen LogP contribution in [0.1, 0.15) is 66.7 Å². The zero-order valence-corrected chi connectivity index (χ0v) is 22.0. The predicted octanol–water partition coefficient (Wildman–Crippen LogP) is 4.72. The minimum atomic E-state index is -0.118. The van der Waals surface area contributed by atoms with E-state index in [1.165, 1.54) is 36.1 Å². The highest BCUT2D eigenvalue weighted by Gasteiger charge is 2.35. The SMILES string of the molecule is COc1cccc([C@H](c2nnnn2C2CCCCC2)N2CCN(c3cccc(C)c3C)CC2)c1OC. The Morgan fingerprint density at radius 1 is 0.889 bits per heavy atom. The summed E-state index contributed by atoms with van der Waals surface area (Å²) in [7, 11) is 3.40. The van der Waals surface area contributed by atoms with E-state index in [4.69, 9.17) is 9.47 Å². The molecule has 5 rings (SSSR count). The van der Waals surface area contributed by atoms with Gasteiger partial charge in [0.15, 0.2) is 17.3 Å². The lowest BCUT2D eigenvalue weighted by Gasteiger charge is -2.41. The summed E-state index contributed by atoms with van der Waals surface area (Å²) in [4.78, 5) is 5.01. The number of ether oxygens (including phenoxy) is 2. The van der Waals surface area contributed by atoms with Crippen molar-refractivity contribution in [1.82, 2.24) is 25.1 Å². The van der Waals surface area contributed by atoms with Gasteiger partial charge in [0, 0.05) is 37.4 Å². The van der Waals surface area contributed by atoms with Crippen LogP contribution in [0, 0.1) is 13.8 Å². The number of benzene rings is 2. The molecule has 1 saturated carbocycles. The van der Waals surface area contributed by atoms with Crippen LogP contribution in [0.25, 0.3) is 0 Å². The zero-order chi connectivity index (χ0) is 25.1. The van der Waals surface area contributed by atoms with Gasteiger partial charge >= 0.3 is 0 Å². The van der Waals surface area contributed by atoms with Crippen LogP contribution in [0.2, 0.25) is 0 Å². The van der Waals surface area contributed by atoms with E-state index in [0.717, 1.165) is 61.9 Å². The first-order chi connectivity index (χ1) is 17.6. The molecule has 192 valence electrons. The van der Waals surface area contributed by atoms with Crippen LogP contribution in [0.15, 0.2) is 36.4 Å². The summed E-state index contributed by atoms with van der Waals surface area (Å²) >= 11 is 0. The number of piperazine rings is 1.